The molecule has 146 valence electrons. The number of amides is 1. The summed E-state index contributed by atoms with van der Waals surface area (Å²) in [5, 5.41) is 5.25. The molecule has 0 saturated heterocycles. The molecule has 3 rings (SSSR count). The Hall–Kier alpha value is -1.93. The van der Waals surface area contributed by atoms with Crippen LogP contribution in [0.15, 0.2) is 52.7 Å². The standard InChI is InChI=1S/C19H16Cl2N2O3S2/c1-11(2)28(25,26)14-5-3-4-12(8-14)18(24)23-19-22-17(10-27-19)15-7-6-13(20)9-16(15)21/h3-11H,1-2H3,(H,22,23,24). The molecule has 0 radical (unpaired) electrons. The van der Waals surface area contributed by atoms with Crippen molar-refractivity contribution in [2.75, 3.05) is 5.32 Å². The Balaban J connectivity index is 1.82. The maximum absolute atomic E-state index is 12.5. The van der Waals surface area contributed by atoms with Crippen molar-refractivity contribution in [3.63, 3.8) is 0 Å². The van der Waals surface area contributed by atoms with Crippen LogP contribution >= 0.6 is 34.5 Å². The average molecular weight is 455 g/mol. The van der Waals surface area contributed by atoms with Gasteiger partial charge in [0.25, 0.3) is 5.91 Å². The highest BCUT2D eigenvalue weighted by molar-refractivity contribution is 7.92. The second kappa shape index (κ2) is 8.21. The molecule has 0 spiro atoms. The Labute approximate surface area is 177 Å². The van der Waals surface area contributed by atoms with Gasteiger partial charge in [0.15, 0.2) is 15.0 Å². The van der Waals surface area contributed by atoms with E-state index in [1.54, 1.807) is 49.6 Å². The molecule has 0 aliphatic carbocycles. The van der Waals surface area contributed by atoms with E-state index in [-0.39, 0.29) is 10.5 Å². The van der Waals surface area contributed by atoms with Gasteiger partial charge in [-0.15, -0.1) is 11.3 Å². The van der Waals surface area contributed by atoms with Crippen molar-refractivity contribution in [3.8, 4) is 11.3 Å². The van der Waals surface area contributed by atoms with E-state index in [0.29, 0.717) is 26.4 Å². The zero-order chi connectivity index (χ0) is 20.5. The highest BCUT2D eigenvalue weighted by Crippen LogP contribution is 2.32. The molecule has 0 unspecified atom stereocenters. The second-order valence-electron chi connectivity index (χ2n) is 6.24. The predicted octanol–water partition coefficient (Wildman–Crippen LogP) is 5.55. The van der Waals surface area contributed by atoms with Crippen LogP contribution in [-0.2, 0) is 9.84 Å². The smallest absolute Gasteiger partial charge is 0.257 e. The molecular formula is C19H16Cl2N2O3S2. The minimum absolute atomic E-state index is 0.114. The second-order valence-corrected chi connectivity index (χ2v) is 10.4. The number of halogens is 2. The van der Waals surface area contributed by atoms with E-state index in [0.717, 1.165) is 0 Å². The molecule has 1 amide bonds. The van der Waals surface area contributed by atoms with Gasteiger partial charge in [-0.3, -0.25) is 10.1 Å². The molecule has 0 fully saturated rings. The van der Waals surface area contributed by atoms with Gasteiger partial charge in [-0.2, -0.15) is 0 Å². The Bertz CT molecular complexity index is 1140. The quantitative estimate of drug-likeness (QED) is 0.547. The third kappa shape index (κ3) is 4.38. The summed E-state index contributed by atoms with van der Waals surface area (Å²) in [5.41, 5.74) is 1.55. The lowest BCUT2D eigenvalue weighted by molar-refractivity contribution is 0.102. The number of hydrogen-bond acceptors (Lipinski definition) is 5. The largest absolute Gasteiger partial charge is 0.298 e. The van der Waals surface area contributed by atoms with Gasteiger partial charge in [-0.25, -0.2) is 13.4 Å². The van der Waals surface area contributed by atoms with Crippen molar-refractivity contribution in [2.24, 2.45) is 0 Å². The average Bonchev–Trinajstić information content (AvgIpc) is 3.09. The summed E-state index contributed by atoms with van der Waals surface area (Å²) in [6.45, 7) is 3.20. The molecule has 1 aromatic heterocycles. The molecule has 1 heterocycles. The molecule has 5 nitrogen and oxygen atoms in total. The third-order valence-corrected chi connectivity index (χ3v) is 7.43. The summed E-state index contributed by atoms with van der Waals surface area (Å²) in [4.78, 5) is 17.0. The molecule has 0 atom stereocenters. The van der Waals surface area contributed by atoms with Gasteiger partial charge in [-0.05, 0) is 50.2 Å². The van der Waals surface area contributed by atoms with E-state index in [1.165, 1.54) is 23.5 Å². The highest BCUT2D eigenvalue weighted by Gasteiger charge is 2.20. The Morgan fingerprint density at radius 1 is 1.14 bits per heavy atom. The number of nitrogens with one attached hydrogen (secondary N) is 1. The number of rotatable bonds is 5. The molecule has 0 saturated carbocycles. The summed E-state index contributed by atoms with van der Waals surface area (Å²) in [6.07, 6.45) is 0. The van der Waals surface area contributed by atoms with Gasteiger partial charge in [0.05, 0.1) is 20.9 Å². The Morgan fingerprint density at radius 2 is 1.89 bits per heavy atom. The van der Waals surface area contributed by atoms with Crippen LogP contribution in [0.3, 0.4) is 0 Å². The van der Waals surface area contributed by atoms with Crippen molar-refractivity contribution >= 4 is 55.4 Å². The van der Waals surface area contributed by atoms with Crippen LogP contribution < -0.4 is 5.32 Å². The first-order valence-electron chi connectivity index (χ1n) is 8.25. The topological polar surface area (TPSA) is 76.1 Å². The van der Waals surface area contributed by atoms with Crippen molar-refractivity contribution in [3.05, 3.63) is 63.5 Å². The van der Waals surface area contributed by atoms with Crippen LogP contribution in [-0.4, -0.2) is 24.6 Å². The van der Waals surface area contributed by atoms with E-state index in [1.807, 2.05) is 0 Å². The lowest BCUT2D eigenvalue weighted by Gasteiger charge is -2.09. The fraction of sp³-hybridized carbons (Fsp3) is 0.158. The summed E-state index contributed by atoms with van der Waals surface area (Å²) >= 11 is 13.3. The van der Waals surface area contributed by atoms with E-state index >= 15 is 0 Å². The lowest BCUT2D eigenvalue weighted by Crippen LogP contribution is -2.16. The van der Waals surface area contributed by atoms with E-state index in [9.17, 15) is 13.2 Å². The first-order chi connectivity index (χ1) is 13.2. The van der Waals surface area contributed by atoms with Crippen LogP contribution in [0.25, 0.3) is 11.3 Å². The minimum atomic E-state index is -3.46. The number of aromatic nitrogens is 1. The van der Waals surface area contributed by atoms with Crippen LogP contribution in [0.4, 0.5) is 5.13 Å². The van der Waals surface area contributed by atoms with Crippen LogP contribution in [0, 0.1) is 0 Å². The van der Waals surface area contributed by atoms with Crippen molar-refractivity contribution in [2.45, 2.75) is 24.0 Å². The highest BCUT2D eigenvalue weighted by atomic mass is 35.5. The molecule has 0 aliphatic heterocycles. The van der Waals surface area contributed by atoms with Crippen LogP contribution in [0.2, 0.25) is 10.0 Å². The minimum Gasteiger partial charge on any atom is -0.298 e. The summed E-state index contributed by atoms with van der Waals surface area (Å²) in [6, 6.07) is 11.0. The molecule has 0 bridgehead atoms. The van der Waals surface area contributed by atoms with E-state index < -0.39 is 21.0 Å². The summed E-state index contributed by atoms with van der Waals surface area (Å²) in [7, 11) is -3.46. The molecule has 9 heteroatoms. The number of hydrogen-bond donors (Lipinski definition) is 1. The number of thiazole rings is 1. The zero-order valence-electron chi connectivity index (χ0n) is 14.9. The van der Waals surface area contributed by atoms with Gasteiger partial charge in [0.2, 0.25) is 0 Å². The molecule has 3 aromatic rings. The fourth-order valence-electron chi connectivity index (χ4n) is 2.41. The summed E-state index contributed by atoms with van der Waals surface area (Å²) < 4.78 is 24.6. The Kier molecular flexibility index (Phi) is 6.09. The molecule has 28 heavy (non-hydrogen) atoms. The first-order valence-corrected chi connectivity index (χ1v) is 11.4. The van der Waals surface area contributed by atoms with Gasteiger partial charge < -0.3 is 0 Å². The molecule has 0 aliphatic rings. The maximum atomic E-state index is 12.5. The van der Waals surface area contributed by atoms with Gasteiger partial charge in [0, 0.05) is 21.5 Å². The molecular weight excluding hydrogens is 439 g/mol. The van der Waals surface area contributed by atoms with Crippen LogP contribution in [0.5, 0.6) is 0 Å². The predicted molar refractivity (Wildman–Crippen MR) is 114 cm³/mol. The number of carbonyl (C=O) groups is 1. The van der Waals surface area contributed by atoms with Gasteiger partial charge in [0.1, 0.15) is 0 Å². The van der Waals surface area contributed by atoms with Crippen molar-refractivity contribution in [1.29, 1.82) is 0 Å². The number of nitrogens with zero attached hydrogens (tertiary/aromatic N) is 1. The zero-order valence-corrected chi connectivity index (χ0v) is 18.1. The van der Waals surface area contributed by atoms with Gasteiger partial charge in [-0.1, -0.05) is 29.3 Å². The fourth-order valence-corrected chi connectivity index (χ4v) is 4.72. The van der Waals surface area contributed by atoms with E-state index in [2.05, 4.69) is 10.3 Å². The molecule has 2 aromatic carbocycles. The summed E-state index contributed by atoms with van der Waals surface area (Å²) in [5.74, 6) is -0.441. The normalized spacial score (nSPS) is 11.6. The Morgan fingerprint density at radius 3 is 2.57 bits per heavy atom. The SMILES string of the molecule is CC(C)S(=O)(=O)c1cccc(C(=O)Nc2nc(-c3ccc(Cl)cc3Cl)cs2)c1. The van der Waals surface area contributed by atoms with Crippen molar-refractivity contribution in [1.82, 2.24) is 4.98 Å². The first kappa shape index (κ1) is 20.8. The monoisotopic (exact) mass is 454 g/mol. The number of carbonyl (C=O) groups excluding carboxylic acids is 1. The molecule has 1 N–H and O–H groups in total. The van der Waals surface area contributed by atoms with Crippen molar-refractivity contribution < 1.29 is 13.2 Å². The number of anilines is 1. The van der Waals surface area contributed by atoms with Crippen LogP contribution in [0.1, 0.15) is 24.2 Å². The maximum Gasteiger partial charge on any atom is 0.257 e. The van der Waals surface area contributed by atoms with E-state index in [4.69, 9.17) is 23.2 Å². The third-order valence-electron chi connectivity index (χ3n) is 3.98. The van der Waals surface area contributed by atoms with Gasteiger partial charge >= 0.3 is 0 Å². The lowest BCUT2D eigenvalue weighted by atomic mass is 10.2. The number of sulfone groups is 1. The number of benzene rings is 2.